The maximum Gasteiger partial charge on any atom is 0.352 e. The normalized spacial score (nSPS) is 44.0. The lowest BCUT2D eigenvalue weighted by atomic mass is 9.46. The van der Waals surface area contributed by atoms with Gasteiger partial charge in [-0.3, -0.25) is 4.79 Å². The number of carbonyl (C=O) groups excluding carboxylic acids is 1. The summed E-state index contributed by atoms with van der Waals surface area (Å²) in [6.07, 6.45) is 9.42. The quantitative estimate of drug-likeness (QED) is 0.482. The highest BCUT2D eigenvalue weighted by Gasteiger charge is 2.65. The summed E-state index contributed by atoms with van der Waals surface area (Å²) >= 11 is 0. The van der Waals surface area contributed by atoms with Gasteiger partial charge >= 0.3 is 5.97 Å². The van der Waals surface area contributed by atoms with Crippen LogP contribution in [0.3, 0.4) is 0 Å². The lowest BCUT2D eigenvalue weighted by Crippen LogP contribution is -2.61. The zero-order valence-electron chi connectivity index (χ0n) is 18.3. The predicted molar refractivity (Wildman–Crippen MR) is 112 cm³/mol. The molecule has 4 rings (SSSR count). The number of carbonyl (C=O) groups is 2. The van der Waals surface area contributed by atoms with Crippen molar-refractivity contribution in [3.05, 3.63) is 34.8 Å². The molecular formula is C24H33NO5. The van der Waals surface area contributed by atoms with Crippen molar-refractivity contribution >= 4 is 12.4 Å². The molecule has 30 heavy (non-hydrogen) atoms. The molecule has 1 unspecified atom stereocenters. The van der Waals surface area contributed by atoms with Crippen molar-refractivity contribution < 1.29 is 24.5 Å². The van der Waals surface area contributed by atoms with Crippen molar-refractivity contribution in [1.82, 2.24) is 5.32 Å². The fourth-order valence-corrected chi connectivity index (χ4v) is 7.40. The van der Waals surface area contributed by atoms with Crippen LogP contribution in [0.5, 0.6) is 0 Å². The molecule has 0 saturated heterocycles. The van der Waals surface area contributed by atoms with E-state index in [0.29, 0.717) is 19.3 Å². The Morgan fingerprint density at radius 2 is 2.00 bits per heavy atom. The standard InChI is InChI=1S/C24H33NO5/c1-14-11-18-17-6-5-15-12-16(30-4)7-8-23(15,3)24(17,29)10-9-22(18,2)19(14)20(21(27)28)25-13-26/h5,12-14,17-18,29H,6-11H2,1-4H3,(H,25,26)(H,27,28)/b20-19-/t14?,17-,18-,22-,23-,24+/m0/s1. The summed E-state index contributed by atoms with van der Waals surface area (Å²) in [5, 5.41) is 24.4. The third-order valence-corrected chi connectivity index (χ3v) is 8.98. The molecule has 2 fully saturated rings. The third kappa shape index (κ3) is 2.65. The number of amides is 1. The van der Waals surface area contributed by atoms with Gasteiger partial charge in [-0.05, 0) is 72.5 Å². The van der Waals surface area contributed by atoms with Gasteiger partial charge in [0.05, 0.1) is 18.5 Å². The smallest absolute Gasteiger partial charge is 0.352 e. The number of nitrogens with one attached hydrogen (secondary N) is 1. The zero-order valence-corrected chi connectivity index (χ0v) is 18.3. The first-order chi connectivity index (χ1) is 14.1. The Labute approximate surface area is 178 Å². The molecule has 0 radical (unpaired) electrons. The van der Waals surface area contributed by atoms with Crippen molar-refractivity contribution in [3.8, 4) is 0 Å². The number of fused-ring (bicyclic) bond motifs is 5. The van der Waals surface area contributed by atoms with Gasteiger partial charge in [0.2, 0.25) is 6.41 Å². The minimum Gasteiger partial charge on any atom is -0.501 e. The number of carboxylic acids is 1. The Morgan fingerprint density at radius 3 is 2.63 bits per heavy atom. The highest BCUT2D eigenvalue weighted by molar-refractivity contribution is 5.90. The van der Waals surface area contributed by atoms with Gasteiger partial charge in [-0.15, -0.1) is 0 Å². The van der Waals surface area contributed by atoms with Gasteiger partial charge in [0.15, 0.2) is 0 Å². The van der Waals surface area contributed by atoms with Crippen LogP contribution in [-0.4, -0.2) is 35.3 Å². The molecule has 3 N–H and O–H groups in total. The molecule has 0 heterocycles. The maximum absolute atomic E-state index is 12.2. The molecule has 0 spiro atoms. The van der Waals surface area contributed by atoms with E-state index in [1.54, 1.807) is 7.11 Å². The van der Waals surface area contributed by atoms with Crippen LogP contribution in [0.25, 0.3) is 0 Å². The molecule has 0 aromatic rings. The van der Waals surface area contributed by atoms with Crippen molar-refractivity contribution in [1.29, 1.82) is 0 Å². The third-order valence-electron chi connectivity index (χ3n) is 8.98. The van der Waals surface area contributed by atoms with E-state index in [2.05, 4.69) is 31.3 Å². The fraction of sp³-hybridized carbons (Fsp3) is 0.667. The molecule has 164 valence electrons. The van der Waals surface area contributed by atoms with Crippen molar-refractivity contribution in [3.63, 3.8) is 0 Å². The number of hydrogen-bond acceptors (Lipinski definition) is 4. The Bertz CT molecular complexity index is 873. The van der Waals surface area contributed by atoms with E-state index in [0.717, 1.165) is 37.0 Å². The predicted octanol–water partition coefficient (Wildman–Crippen LogP) is 3.54. The maximum atomic E-state index is 12.2. The topological polar surface area (TPSA) is 95.9 Å². The summed E-state index contributed by atoms with van der Waals surface area (Å²) < 4.78 is 5.48. The van der Waals surface area contributed by atoms with Gasteiger partial charge in [0.25, 0.3) is 0 Å². The number of aliphatic carboxylic acids is 1. The van der Waals surface area contributed by atoms with Crippen LogP contribution in [-0.2, 0) is 14.3 Å². The lowest BCUT2D eigenvalue weighted by molar-refractivity contribution is -0.172. The minimum absolute atomic E-state index is 0.0246. The van der Waals surface area contributed by atoms with E-state index < -0.39 is 11.6 Å². The largest absolute Gasteiger partial charge is 0.501 e. The van der Waals surface area contributed by atoms with Crippen LogP contribution >= 0.6 is 0 Å². The summed E-state index contributed by atoms with van der Waals surface area (Å²) in [5.41, 5.74) is 0.531. The van der Waals surface area contributed by atoms with Gasteiger partial charge in [-0.1, -0.05) is 26.8 Å². The average molecular weight is 416 g/mol. The van der Waals surface area contributed by atoms with Gasteiger partial charge < -0.3 is 20.3 Å². The molecule has 0 bridgehead atoms. The second kappa shape index (κ2) is 6.98. The van der Waals surface area contributed by atoms with Crippen LogP contribution in [0.4, 0.5) is 0 Å². The first-order valence-corrected chi connectivity index (χ1v) is 11.0. The minimum atomic E-state index is -1.09. The van der Waals surface area contributed by atoms with E-state index in [-0.39, 0.29) is 34.3 Å². The van der Waals surface area contributed by atoms with Crippen LogP contribution in [0.15, 0.2) is 34.8 Å². The van der Waals surface area contributed by atoms with E-state index >= 15 is 0 Å². The van der Waals surface area contributed by atoms with E-state index in [1.807, 2.05) is 6.92 Å². The lowest BCUT2D eigenvalue weighted by Gasteiger charge is -2.61. The Hall–Kier alpha value is -2.08. The number of carboxylic acid groups (broad SMARTS) is 1. The number of rotatable bonds is 4. The molecule has 2 saturated carbocycles. The van der Waals surface area contributed by atoms with Gasteiger partial charge in [-0.2, -0.15) is 0 Å². The number of aliphatic hydroxyl groups is 1. The van der Waals surface area contributed by atoms with Crippen LogP contribution in [0.2, 0.25) is 0 Å². The Kier molecular flexibility index (Phi) is 4.92. The molecule has 4 aliphatic carbocycles. The first-order valence-electron chi connectivity index (χ1n) is 11.0. The van der Waals surface area contributed by atoms with Gasteiger partial charge in [0.1, 0.15) is 5.70 Å². The molecule has 6 heteroatoms. The molecule has 0 aromatic carbocycles. The molecular weight excluding hydrogens is 382 g/mol. The number of methoxy groups -OCH3 is 1. The number of ether oxygens (including phenoxy) is 1. The number of hydrogen-bond donors (Lipinski definition) is 3. The second-order valence-corrected chi connectivity index (χ2v) is 10.1. The Balaban J connectivity index is 1.79. The average Bonchev–Trinajstić information content (AvgIpc) is 2.96. The summed E-state index contributed by atoms with van der Waals surface area (Å²) in [7, 11) is 1.70. The highest BCUT2D eigenvalue weighted by Crippen LogP contribution is 2.68. The van der Waals surface area contributed by atoms with E-state index in [9.17, 15) is 19.8 Å². The second-order valence-electron chi connectivity index (χ2n) is 10.1. The van der Waals surface area contributed by atoms with Crippen LogP contribution < -0.4 is 5.32 Å². The van der Waals surface area contributed by atoms with Crippen LogP contribution in [0.1, 0.15) is 59.3 Å². The summed E-state index contributed by atoms with van der Waals surface area (Å²) in [5.74, 6) is 0.159. The van der Waals surface area contributed by atoms with E-state index in [1.165, 1.54) is 5.57 Å². The fourth-order valence-electron chi connectivity index (χ4n) is 7.40. The van der Waals surface area contributed by atoms with Gasteiger partial charge in [-0.25, -0.2) is 4.79 Å². The molecule has 6 atom stereocenters. The highest BCUT2D eigenvalue weighted by atomic mass is 16.5. The first kappa shape index (κ1) is 21.2. The van der Waals surface area contributed by atoms with Crippen molar-refractivity contribution in [2.45, 2.75) is 64.9 Å². The molecule has 1 amide bonds. The summed E-state index contributed by atoms with van der Waals surface area (Å²) in [6.45, 7) is 6.37. The van der Waals surface area contributed by atoms with Crippen molar-refractivity contribution in [2.24, 2.45) is 28.6 Å². The zero-order chi connectivity index (χ0) is 21.9. The Morgan fingerprint density at radius 1 is 1.27 bits per heavy atom. The molecule has 4 aliphatic rings. The monoisotopic (exact) mass is 415 g/mol. The summed E-state index contributed by atoms with van der Waals surface area (Å²) in [6, 6.07) is 0. The molecule has 0 aliphatic heterocycles. The van der Waals surface area contributed by atoms with Crippen molar-refractivity contribution in [2.75, 3.05) is 7.11 Å². The summed E-state index contributed by atoms with van der Waals surface area (Å²) in [4.78, 5) is 23.0. The molecule has 0 aromatic heterocycles. The SMILES string of the molecule is COC1=CC2=CC[C@H]3[C@@H]4CC(C)/C(=C(/NC=O)C(=O)O)[C@@]4(C)CC[C@]3(O)[C@@]2(C)CC1. The molecule has 6 nitrogen and oxygen atoms in total. The van der Waals surface area contributed by atoms with Gasteiger partial charge in [0, 0.05) is 11.8 Å². The van der Waals surface area contributed by atoms with Crippen LogP contribution in [0, 0.1) is 28.6 Å². The number of allylic oxidation sites excluding steroid dienone is 4. The van der Waals surface area contributed by atoms with E-state index in [4.69, 9.17) is 4.74 Å².